The maximum absolute atomic E-state index is 11.8. The van der Waals surface area contributed by atoms with Crippen LogP contribution in [0.15, 0.2) is 6.07 Å². The molecular formula is C12H19N3O. The summed E-state index contributed by atoms with van der Waals surface area (Å²) < 4.78 is 0. The van der Waals surface area contributed by atoms with Gasteiger partial charge in [-0.15, -0.1) is 0 Å². The Kier molecular flexibility index (Phi) is 3.29. The van der Waals surface area contributed by atoms with E-state index in [1.54, 1.807) is 0 Å². The number of aromatic amines is 1. The van der Waals surface area contributed by atoms with Gasteiger partial charge in [-0.25, -0.2) is 0 Å². The molecule has 0 aromatic carbocycles. The highest BCUT2D eigenvalue weighted by molar-refractivity contribution is 5.81. The Labute approximate surface area is 95.8 Å². The maximum atomic E-state index is 11.8. The van der Waals surface area contributed by atoms with Crippen molar-refractivity contribution < 1.29 is 4.79 Å². The number of H-pyrrole nitrogens is 1. The van der Waals surface area contributed by atoms with E-state index in [1.807, 2.05) is 13.8 Å². The summed E-state index contributed by atoms with van der Waals surface area (Å²) in [5.74, 6) is 0.121. The summed E-state index contributed by atoms with van der Waals surface area (Å²) in [7, 11) is 0. The van der Waals surface area contributed by atoms with Gasteiger partial charge in [-0.3, -0.25) is 4.79 Å². The highest BCUT2D eigenvalue weighted by atomic mass is 16.2. The second-order valence-electron chi connectivity index (χ2n) is 4.47. The van der Waals surface area contributed by atoms with Crippen molar-refractivity contribution in [3.63, 3.8) is 0 Å². The van der Waals surface area contributed by atoms with E-state index >= 15 is 0 Å². The van der Waals surface area contributed by atoms with Crippen molar-refractivity contribution in [1.82, 2.24) is 15.6 Å². The molecule has 0 spiro atoms. The number of hydrogen-bond donors (Lipinski definition) is 3. The first-order valence-electron chi connectivity index (χ1n) is 5.83. The van der Waals surface area contributed by atoms with Crippen LogP contribution in [0.4, 0.5) is 0 Å². The Morgan fingerprint density at radius 2 is 2.38 bits per heavy atom. The van der Waals surface area contributed by atoms with Crippen LogP contribution >= 0.6 is 0 Å². The molecule has 1 saturated heterocycles. The second-order valence-corrected chi connectivity index (χ2v) is 4.47. The van der Waals surface area contributed by atoms with Crippen LogP contribution in [0.2, 0.25) is 0 Å². The van der Waals surface area contributed by atoms with E-state index in [0.29, 0.717) is 6.54 Å². The van der Waals surface area contributed by atoms with Gasteiger partial charge in [-0.05, 0) is 44.9 Å². The Hall–Kier alpha value is -1.29. The van der Waals surface area contributed by atoms with Crippen molar-refractivity contribution in [2.24, 2.45) is 0 Å². The van der Waals surface area contributed by atoms with E-state index in [2.05, 4.69) is 21.7 Å². The van der Waals surface area contributed by atoms with Gasteiger partial charge in [0.15, 0.2) is 0 Å². The lowest BCUT2D eigenvalue weighted by atomic mass is 10.2. The van der Waals surface area contributed by atoms with Crippen LogP contribution in [0.3, 0.4) is 0 Å². The van der Waals surface area contributed by atoms with Gasteiger partial charge >= 0.3 is 0 Å². The summed E-state index contributed by atoms with van der Waals surface area (Å²) in [5.41, 5.74) is 3.45. The predicted molar refractivity (Wildman–Crippen MR) is 63.1 cm³/mol. The molecule has 0 radical (unpaired) electrons. The number of carbonyl (C=O) groups excluding carboxylic acids is 1. The molecule has 2 rings (SSSR count). The van der Waals surface area contributed by atoms with Gasteiger partial charge in [-0.1, -0.05) is 0 Å². The zero-order chi connectivity index (χ0) is 11.5. The highest BCUT2D eigenvalue weighted by Gasteiger charge is 2.21. The Morgan fingerprint density at radius 3 is 2.94 bits per heavy atom. The van der Waals surface area contributed by atoms with Crippen LogP contribution < -0.4 is 10.6 Å². The van der Waals surface area contributed by atoms with Crippen LogP contribution in [-0.4, -0.2) is 23.5 Å². The first kappa shape index (κ1) is 11.2. The smallest absolute Gasteiger partial charge is 0.237 e. The molecule has 1 atom stereocenters. The summed E-state index contributed by atoms with van der Waals surface area (Å²) in [6, 6.07) is 2.10. The van der Waals surface area contributed by atoms with E-state index in [4.69, 9.17) is 0 Å². The molecule has 4 nitrogen and oxygen atoms in total. The van der Waals surface area contributed by atoms with Gasteiger partial charge in [0.2, 0.25) is 5.91 Å². The average Bonchev–Trinajstić information content (AvgIpc) is 2.84. The highest BCUT2D eigenvalue weighted by Crippen LogP contribution is 2.09. The van der Waals surface area contributed by atoms with Gasteiger partial charge in [0, 0.05) is 17.9 Å². The predicted octanol–water partition coefficient (Wildman–Crippen LogP) is 1.000. The molecule has 1 aromatic heterocycles. The van der Waals surface area contributed by atoms with E-state index in [-0.39, 0.29) is 11.9 Å². The zero-order valence-electron chi connectivity index (χ0n) is 9.89. The van der Waals surface area contributed by atoms with Gasteiger partial charge < -0.3 is 15.6 Å². The number of rotatable bonds is 3. The number of nitrogens with one attached hydrogen (secondary N) is 3. The molecular weight excluding hydrogens is 202 g/mol. The second kappa shape index (κ2) is 4.70. The summed E-state index contributed by atoms with van der Waals surface area (Å²) in [6.07, 6.45) is 2.05. The van der Waals surface area contributed by atoms with E-state index in [0.717, 1.165) is 30.8 Å². The molecule has 1 aliphatic rings. The lowest BCUT2D eigenvalue weighted by Gasteiger charge is -2.10. The van der Waals surface area contributed by atoms with Crippen LogP contribution in [-0.2, 0) is 11.3 Å². The quantitative estimate of drug-likeness (QED) is 0.713. The third kappa shape index (κ3) is 2.44. The van der Waals surface area contributed by atoms with E-state index < -0.39 is 0 Å². The fraction of sp³-hybridized carbons (Fsp3) is 0.583. The van der Waals surface area contributed by atoms with E-state index in [9.17, 15) is 4.79 Å². The third-order valence-corrected chi connectivity index (χ3v) is 3.09. The minimum atomic E-state index is 0.0142. The minimum Gasteiger partial charge on any atom is -0.362 e. The van der Waals surface area contributed by atoms with Crippen molar-refractivity contribution in [3.8, 4) is 0 Å². The van der Waals surface area contributed by atoms with Crippen LogP contribution in [0.1, 0.15) is 29.8 Å². The van der Waals surface area contributed by atoms with Crippen LogP contribution in [0.25, 0.3) is 0 Å². The molecule has 3 N–H and O–H groups in total. The maximum Gasteiger partial charge on any atom is 0.237 e. The normalized spacial score (nSPS) is 20.0. The first-order valence-corrected chi connectivity index (χ1v) is 5.83. The first-order chi connectivity index (χ1) is 7.66. The fourth-order valence-corrected chi connectivity index (χ4v) is 2.18. The molecule has 0 saturated carbocycles. The number of carbonyl (C=O) groups is 1. The Balaban J connectivity index is 1.87. The summed E-state index contributed by atoms with van der Waals surface area (Å²) in [6.45, 7) is 5.63. The average molecular weight is 221 g/mol. The molecule has 0 bridgehead atoms. The Morgan fingerprint density at radius 1 is 1.56 bits per heavy atom. The summed E-state index contributed by atoms with van der Waals surface area (Å²) in [5, 5.41) is 6.17. The van der Waals surface area contributed by atoms with Gasteiger partial charge in [0.25, 0.3) is 0 Å². The molecule has 0 aliphatic carbocycles. The number of aryl methyl sites for hydroxylation is 2. The number of hydrogen-bond acceptors (Lipinski definition) is 2. The lowest BCUT2D eigenvalue weighted by molar-refractivity contribution is -0.122. The lowest BCUT2D eigenvalue weighted by Crippen LogP contribution is -2.40. The number of aromatic nitrogens is 1. The van der Waals surface area contributed by atoms with Gasteiger partial charge in [0.1, 0.15) is 0 Å². The molecule has 4 heteroatoms. The monoisotopic (exact) mass is 221 g/mol. The van der Waals surface area contributed by atoms with Crippen molar-refractivity contribution in [1.29, 1.82) is 0 Å². The largest absolute Gasteiger partial charge is 0.362 e. The molecule has 2 heterocycles. The van der Waals surface area contributed by atoms with Crippen LogP contribution in [0, 0.1) is 13.8 Å². The standard InChI is InChI=1S/C12H19N3O/c1-8-6-10(9(2)15-8)7-14-12(16)11-4-3-5-13-11/h6,11,13,15H,3-5,7H2,1-2H3,(H,14,16). The SMILES string of the molecule is Cc1cc(CNC(=O)C2CCCN2)c(C)[nH]1. The summed E-state index contributed by atoms with van der Waals surface area (Å²) in [4.78, 5) is 15.0. The van der Waals surface area contributed by atoms with Crippen molar-refractivity contribution in [3.05, 3.63) is 23.0 Å². The van der Waals surface area contributed by atoms with Crippen molar-refractivity contribution in [2.75, 3.05) is 6.54 Å². The molecule has 1 amide bonds. The molecule has 1 aromatic rings. The molecule has 16 heavy (non-hydrogen) atoms. The third-order valence-electron chi connectivity index (χ3n) is 3.09. The number of amides is 1. The van der Waals surface area contributed by atoms with Gasteiger partial charge in [0.05, 0.1) is 6.04 Å². The van der Waals surface area contributed by atoms with E-state index in [1.165, 1.54) is 5.56 Å². The Bertz CT molecular complexity index is 378. The fourth-order valence-electron chi connectivity index (χ4n) is 2.18. The molecule has 1 unspecified atom stereocenters. The zero-order valence-corrected chi connectivity index (χ0v) is 9.89. The van der Waals surface area contributed by atoms with Crippen molar-refractivity contribution in [2.45, 2.75) is 39.3 Å². The minimum absolute atomic E-state index is 0.0142. The van der Waals surface area contributed by atoms with Crippen LogP contribution in [0.5, 0.6) is 0 Å². The molecule has 88 valence electrons. The van der Waals surface area contributed by atoms with Gasteiger partial charge in [-0.2, -0.15) is 0 Å². The topological polar surface area (TPSA) is 56.9 Å². The summed E-state index contributed by atoms with van der Waals surface area (Å²) >= 11 is 0. The van der Waals surface area contributed by atoms with Crippen molar-refractivity contribution >= 4 is 5.91 Å². The molecule has 1 fully saturated rings. The molecule has 1 aliphatic heterocycles.